The summed E-state index contributed by atoms with van der Waals surface area (Å²) in [6.45, 7) is 6.79. The Morgan fingerprint density at radius 3 is 2.68 bits per heavy atom. The molecule has 19 heavy (non-hydrogen) atoms. The smallest absolute Gasteiger partial charge is 0.269 e. The van der Waals surface area contributed by atoms with Crippen molar-refractivity contribution < 1.29 is 4.79 Å². The van der Waals surface area contributed by atoms with Crippen molar-refractivity contribution in [3.05, 3.63) is 41.2 Å². The fraction of sp³-hybridized carbons (Fsp3) is 0.333. The zero-order chi connectivity index (χ0) is 14.0. The number of amides is 1. The van der Waals surface area contributed by atoms with Crippen molar-refractivity contribution >= 4 is 28.3 Å². The Kier molecular flexibility index (Phi) is 3.76. The number of rotatable bonds is 2. The third-order valence-electron chi connectivity index (χ3n) is 2.71. The average molecular weight is 277 g/mol. The second-order valence-corrected chi connectivity index (χ2v) is 6.12. The highest BCUT2D eigenvalue weighted by atomic mass is 35.5. The molecule has 4 heteroatoms. The van der Waals surface area contributed by atoms with Gasteiger partial charge in [0.2, 0.25) is 0 Å². The highest BCUT2D eigenvalue weighted by molar-refractivity contribution is 6.34. The van der Waals surface area contributed by atoms with Gasteiger partial charge in [0, 0.05) is 11.9 Å². The number of hydrogen-bond donors (Lipinski definition) is 1. The van der Waals surface area contributed by atoms with Gasteiger partial charge in [-0.3, -0.25) is 4.79 Å². The Balaban J connectivity index is 2.28. The zero-order valence-electron chi connectivity index (χ0n) is 11.3. The molecule has 0 fully saturated rings. The van der Waals surface area contributed by atoms with Gasteiger partial charge in [-0.1, -0.05) is 56.6 Å². The zero-order valence-corrected chi connectivity index (χ0v) is 12.1. The molecule has 2 rings (SSSR count). The second-order valence-electron chi connectivity index (χ2n) is 5.76. The molecule has 0 atom stereocenters. The predicted octanol–water partition coefficient (Wildman–Crippen LogP) is 3.66. The largest absolute Gasteiger partial charge is 0.350 e. The van der Waals surface area contributed by atoms with E-state index in [9.17, 15) is 4.79 Å². The molecule has 0 saturated carbocycles. The van der Waals surface area contributed by atoms with E-state index in [1.165, 1.54) is 0 Å². The lowest BCUT2D eigenvalue weighted by molar-refractivity contribution is 0.0934. The lowest BCUT2D eigenvalue weighted by atomic mass is 9.97. The van der Waals surface area contributed by atoms with Gasteiger partial charge >= 0.3 is 0 Å². The fourth-order valence-corrected chi connectivity index (χ4v) is 1.97. The summed E-state index contributed by atoms with van der Waals surface area (Å²) in [6.07, 6.45) is 0. The van der Waals surface area contributed by atoms with E-state index >= 15 is 0 Å². The Morgan fingerprint density at radius 2 is 2.00 bits per heavy atom. The molecule has 0 saturated heterocycles. The van der Waals surface area contributed by atoms with Gasteiger partial charge in [0.25, 0.3) is 5.91 Å². The van der Waals surface area contributed by atoms with Gasteiger partial charge in [-0.2, -0.15) is 0 Å². The first-order chi connectivity index (χ1) is 8.87. The van der Waals surface area contributed by atoms with E-state index in [4.69, 9.17) is 11.6 Å². The van der Waals surface area contributed by atoms with Gasteiger partial charge in [-0.15, -0.1) is 0 Å². The Hall–Kier alpha value is -1.61. The molecule has 3 nitrogen and oxygen atoms in total. The molecule has 0 unspecified atom stereocenters. The van der Waals surface area contributed by atoms with Crippen LogP contribution in [0.3, 0.4) is 0 Å². The number of hydrogen-bond acceptors (Lipinski definition) is 2. The molecule has 0 spiro atoms. The molecule has 1 aromatic carbocycles. The van der Waals surface area contributed by atoms with Crippen molar-refractivity contribution in [2.24, 2.45) is 5.41 Å². The molecule has 0 aliphatic rings. The van der Waals surface area contributed by atoms with Crippen molar-refractivity contribution in [3.8, 4) is 0 Å². The van der Waals surface area contributed by atoms with Crippen molar-refractivity contribution in [1.82, 2.24) is 10.3 Å². The van der Waals surface area contributed by atoms with Gasteiger partial charge in [0.05, 0.1) is 0 Å². The van der Waals surface area contributed by atoms with Crippen LogP contribution in [0.15, 0.2) is 30.3 Å². The fourth-order valence-electron chi connectivity index (χ4n) is 1.71. The molecular weight excluding hydrogens is 260 g/mol. The topological polar surface area (TPSA) is 42.0 Å². The van der Waals surface area contributed by atoms with Crippen LogP contribution >= 0.6 is 11.6 Å². The number of fused-ring (bicyclic) bond motifs is 1. The van der Waals surface area contributed by atoms with Crippen LogP contribution in [0, 0.1) is 5.41 Å². The van der Waals surface area contributed by atoms with Crippen molar-refractivity contribution in [2.75, 3.05) is 6.54 Å². The first-order valence-corrected chi connectivity index (χ1v) is 6.58. The highest BCUT2D eigenvalue weighted by Gasteiger charge is 2.15. The normalized spacial score (nSPS) is 11.6. The van der Waals surface area contributed by atoms with E-state index in [1.54, 1.807) is 6.07 Å². The standard InChI is InChI=1S/C15H17ClN2O/c1-15(2,3)9-17-14(19)12-8-10-6-4-5-7-11(10)13(16)18-12/h4-8H,9H2,1-3H3,(H,17,19). The van der Waals surface area contributed by atoms with Crippen molar-refractivity contribution in [3.63, 3.8) is 0 Å². The first-order valence-electron chi connectivity index (χ1n) is 6.20. The molecule has 0 aliphatic heterocycles. The molecule has 0 aliphatic carbocycles. The monoisotopic (exact) mass is 276 g/mol. The summed E-state index contributed by atoms with van der Waals surface area (Å²) >= 11 is 6.11. The number of halogens is 1. The van der Waals surface area contributed by atoms with E-state index in [0.29, 0.717) is 17.4 Å². The Bertz CT molecular complexity index is 617. The second kappa shape index (κ2) is 5.17. The molecule has 0 radical (unpaired) electrons. The number of benzene rings is 1. The van der Waals surface area contributed by atoms with Crippen LogP contribution in [0.5, 0.6) is 0 Å². The van der Waals surface area contributed by atoms with Crippen LogP contribution in [0.2, 0.25) is 5.15 Å². The van der Waals surface area contributed by atoms with E-state index < -0.39 is 0 Å². The lowest BCUT2D eigenvalue weighted by Crippen LogP contribution is -2.32. The van der Waals surface area contributed by atoms with Gasteiger partial charge < -0.3 is 5.32 Å². The quantitative estimate of drug-likeness (QED) is 0.851. The molecular formula is C15H17ClN2O. The average Bonchev–Trinajstić information content (AvgIpc) is 2.35. The molecule has 0 bridgehead atoms. The van der Waals surface area contributed by atoms with E-state index in [0.717, 1.165) is 10.8 Å². The van der Waals surface area contributed by atoms with E-state index in [1.807, 2.05) is 24.3 Å². The summed E-state index contributed by atoms with van der Waals surface area (Å²) in [5.41, 5.74) is 0.393. The minimum Gasteiger partial charge on any atom is -0.350 e. The summed E-state index contributed by atoms with van der Waals surface area (Å²) in [4.78, 5) is 16.2. The molecule has 1 heterocycles. The van der Waals surface area contributed by atoms with Gasteiger partial charge in [0.1, 0.15) is 10.8 Å². The molecule has 1 N–H and O–H groups in total. The maximum Gasteiger partial charge on any atom is 0.269 e. The minimum atomic E-state index is -0.192. The predicted molar refractivity (Wildman–Crippen MR) is 78.5 cm³/mol. The summed E-state index contributed by atoms with van der Waals surface area (Å²) in [5, 5.41) is 5.01. The summed E-state index contributed by atoms with van der Waals surface area (Å²) in [7, 11) is 0. The third-order valence-corrected chi connectivity index (χ3v) is 2.99. The number of pyridine rings is 1. The number of nitrogens with one attached hydrogen (secondary N) is 1. The number of nitrogens with zero attached hydrogens (tertiary/aromatic N) is 1. The van der Waals surface area contributed by atoms with Crippen molar-refractivity contribution in [2.45, 2.75) is 20.8 Å². The van der Waals surface area contributed by atoms with Crippen LogP contribution < -0.4 is 5.32 Å². The van der Waals surface area contributed by atoms with Crippen molar-refractivity contribution in [1.29, 1.82) is 0 Å². The number of carbonyl (C=O) groups excluding carboxylic acids is 1. The van der Waals surface area contributed by atoms with Crippen LogP contribution in [0.4, 0.5) is 0 Å². The van der Waals surface area contributed by atoms with Crippen LogP contribution in [0.25, 0.3) is 10.8 Å². The van der Waals surface area contributed by atoms with E-state index in [-0.39, 0.29) is 11.3 Å². The number of aromatic nitrogens is 1. The third kappa shape index (κ3) is 3.44. The van der Waals surface area contributed by atoms with Crippen LogP contribution in [-0.4, -0.2) is 17.4 Å². The maximum atomic E-state index is 12.1. The molecule has 2 aromatic rings. The maximum absolute atomic E-state index is 12.1. The lowest BCUT2D eigenvalue weighted by Gasteiger charge is -2.18. The summed E-state index contributed by atoms with van der Waals surface area (Å²) < 4.78 is 0. The van der Waals surface area contributed by atoms with Crippen LogP contribution in [0.1, 0.15) is 31.3 Å². The summed E-state index contributed by atoms with van der Waals surface area (Å²) in [6, 6.07) is 9.38. The molecule has 100 valence electrons. The number of carbonyl (C=O) groups is 1. The first kappa shape index (κ1) is 13.8. The Labute approximate surface area is 118 Å². The van der Waals surface area contributed by atoms with Gasteiger partial charge in [-0.25, -0.2) is 4.98 Å². The Morgan fingerprint density at radius 1 is 1.32 bits per heavy atom. The minimum absolute atomic E-state index is 0.0380. The highest BCUT2D eigenvalue weighted by Crippen LogP contribution is 2.22. The molecule has 1 aromatic heterocycles. The SMILES string of the molecule is CC(C)(C)CNC(=O)c1cc2ccccc2c(Cl)n1. The van der Waals surface area contributed by atoms with Gasteiger partial charge in [-0.05, 0) is 16.9 Å². The van der Waals surface area contributed by atoms with Gasteiger partial charge in [0.15, 0.2) is 0 Å². The molecule has 1 amide bonds. The van der Waals surface area contributed by atoms with Crippen LogP contribution in [-0.2, 0) is 0 Å². The van der Waals surface area contributed by atoms with E-state index in [2.05, 4.69) is 31.1 Å². The summed E-state index contributed by atoms with van der Waals surface area (Å²) in [5.74, 6) is -0.192.